The zero-order chi connectivity index (χ0) is 11.7. The molecule has 0 aliphatic carbocycles. The van der Waals surface area contributed by atoms with Crippen molar-refractivity contribution in [3.8, 4) is 0 Å². The monoisotopic (exact) mass is 276 g/mol. The van der Waals surface area contributed by atoms with E-state index in [1.165, 1.54) is 6.20 Å². The van der Waals surface area contributed by atoms with Crippen LogP contribution in [0.5, 0.6) is 0 Å². The van der Waals surface area contributed by atoms with Gasteiger partial charge in [0.1, 0.15) is 5.82 Å². The van der Waals surface area contributed by atoms with Crippen LogP contribution in [0.3, 0.4) is 0 Å². The molecule has 1 atom stereocenters. The Balaban J connectivity index is 2.24. The summed E-state index contributed by atoms with van der Waals surface area (Å²) in [4.78, 5) is 17.4. The lowest BCUT2D eigenvalue weighted by Gasteiger charge is -2.15. The number of nitrogens with zero attached hydrogens (tertiary/aromatic N) is 2. The molecule has 1 fully saturated rings. The number of hydrogen-bond donors (Lipinski definition) is 1. The number of halogens is 2. The highest BCUT2D eigenvalue weighted by molar-refractivity contribution is 7.80. The summed E-state index contributed by atoms with van der Waals surface area (Å²) >= 11 is 15.9. The van der Waals surface area contributed by atoms with Crippen molar-refractivity contribution in [2.45, 2.75) is 6.42 Å². The Bertz CT molecular complexity index is 427. The molecule has 0 spiro atoms. The van der Waals surface area contributed by atoms with Crippen molar-refractivity contribution < 1.29 is 4.79 Å². The van der Waals surface area contributed by atoms with Crippen molar-refractivity contribution in [3.05, 3.63) is 22.3 Å². The van der Waals surface area contributed by atoms with E-state index in [1.807, 2.05) is 0 Å². The first kappa shape index (κ1) is 12.0. The minimum absolute atomic E-state index is 0.0601. The van der Waals surface area contributed by atoms with E-state index in [0.717, 1.165) is 0 Å². The summed E-state index contributed by atoms with van der Waals surface area (Å²) in [6.45, 7) is 0.646. The summed E-state index contributed by atoms with van der Waals surface area (Å²) in [6.07, 6.45) is 1.98. The van der Waals surface area contributed by atoms with Crippen LogP contribution in [-0.4, -0.2) is 23.2 Å². The number of aromatic nitrogens is 1. The largest absolute Gasteiger partial charge is 0.296 e. The van der Waals surface area contributed by atoms with Gasteiger partial charge in [-0.1, -0.05) is 23.2 Å². The highest BCUT2D eigenvalue weighted by atomic mass is 35.5. The third-order valence-corrected chi connectivity index (χ3v) is 3.76. The van der Waals surface area contributed by atoms with Gasteiger partial charge in [-0.3, -0.25) is 9.69 Å². The fraction of sp³-hybridized carbons (Fsp3) is 0.400. The fourth-order valence-electron chi connectivity index (χ4n) is 1.68. The van der Waals surface area contributed by atoms with Gasteiger partial charge in [-0.25, -0.2) is 4.98 Å². The summed E-state index contributed by atoms with van der Waals surface area (Å²) in [5.74, 6) is 1.60. The Hall–Kier alpha value is -0.450. The number of amides is 1. The maximum absolute atomic E-state index is 11.7. The quantitative estimate of drug-likeness (QED) is 0.843. The van der Waals surface area contributed by atoms with Gasteiger partial charge in [0.15, 0.2) is 0 Å². The smallest absolute Gasteiger partial charge is 0.228 e. The van der Waals surface area contributed by atoms with Crippen LogP contribution in [0.4, 0.5) is 5.82 Å². The van der Waals surface area contributed by atoms with Crippen molar-refractivity contribution in [3.63, 3.8) is 0 Å². The first-order valence-electron chi connectivity index (χ1n) is 4.84. The molecule has 0 saturated carbocycles. The van der Waals surface area contributed by atoms with Crippen LogP contribution in [0.1, 0.15) is 6.42 Å². The van der Waals surface area contributed by atoms with Gasteiger partial charge in [-0.2, -0.15) is 12.6 Å². The SMILES string of the molecule is O=C1CC(CS)CN1c1cc(Cl)c(Cl)cn1. The van der Waals surface area contributed by atoms with Gasteiger partial charge in [0, 0.05) is 25.2 Å². The summed E-state index contributed by atoms with van der Waals surface area (Å²) in [7, 11) is 0. The molecule has 0 bridgehead atoms. The molecule has 0 aromatic carbocycles. The zero-order valence-electron chi connectivity index (χ0n) is 8.36. The van der Waals surface area contributed by atoms with E-state index in [4.69, 9.17) is 23.2 Å². The Morgan fingerprint density at radius 1 is 1.50 bits per heavy atom. The average Bonchev–Trinajstić information content (AvgIpc) is 2.64. The summed E-state index contributed by atoms with van der Waals surface area (Å²) in [5.41, 5.74) is 0. The van der Waals surface area contributed by atoms with E-state index in [0.29, 0.717) is 34.6 Å². The van der Waals surface area contributed by atoms with Gasteiger partial charge in [-0.05, 0) is 11.7 Å². The van der Waals surface area contributed by atoms with Crippen molar-refractivity contribution in [2.24, 2.45) is 5.92 Å². The number of hydrogen-bond acceptors (Lipinski definition) is 3. The van der Waals surface area contributed by atoms with Crippen LogP contribution >= 0.6 is 35.8 Å². The molecule has 1 aromatic rings. The number of rotatable bonds is 2. The number of pyridine rings is 1. The lowest BCUT2D eigenvalue weighted by molar-refractivity contribution is -0.117. The highest BCUT2D eigenvalue weighted by Crippen LogP contribution is 2.29. The molecule has 86 valence electrons. The van der Waals surface area contributed by atoms with Crippen LogP contribution in [0.2, 0.25) is 10.0 Å². The van der Waals surface area contributed by atoms with Gasteiger partial charge in [-0.15, -0.1) is 0 Å². The molecule has 1 aromatic heterocycles. The molecule has 1 amide bonds. The molecule has 1 saturated heterocycles. The standard InChI is InChI=1S/C10H10Cl2N2OS/c11-7-2-9(13-3-8(7)12)14-4-6(5-16)1-10(14)15/h2-3,6,16H,1,4-5H2. The summed E-state index contributed by atoms with van der Waals surface area (Å²) < 4.78 is 0. The predicted molar refractivity (Wildman–Crippen MR) is 68.6 cm³/mol. The maximum Gasteiger partial charge on any atom is 0.228 e. The number of carbonyl (C=O) groups is 1. The second-order valence-electron chi connectivity index (χ2n) is 3.71. The fourth-order valence-corrected chi connectivity index (χ4v) is 2.17. The van der Waals surface area contributed by atoms with Crippen LogP contribution in [0, 0.1) is 5.92 Å². The van der Waals surface area contributed by atoms with Crippen LogP contribution in [0.15, 0.2) is 12.3 Å². The van der Waals surface area contributed by atoms with Gasteiger partial charge in [0.25, 0.3) is 0 Å². The average molecular weight is 277 g/mol. The molecule has 16 heavy (non-hydrogen) atoms. The molecule has 0 radical (unpaired) electrons. The van der Waals surface area contributed by atoms with Crippen molar-refractivity contribution in [1.82, 2.24) is 4.98 Å². The van der Waals surface area contributed by atoms with Crippen LogP contribution in [0.25, 0.3) is 0 Å². The third kappa shape index (κ3) is 2.29. The van der Waals surface area contributed by atoms with Crippen molar-refractivity contribution in [1.29, 1.82) is 0 Å². The molecule has 2 rings (SSSR count). The molecule has 6 heteroatoms. The maximum atomic E-state index is 11.7. The lowest BCUT2D eigenvalue weighted by atomic mass is 10.1. The van der Waals surface area contributed by atoms with Crippen molar-refractivity contribution in [2.75, 3.05) is 17.2 Å². The van der Waals surface area contributed by atoms with E-state index >= 15 is 0 Å². The number of carbonyl (C=O) groups excluding carboxylic acids is 1. The van der Waals surface area contributed by atoms with Gasteiger partial charge >= 0.3 is 0 Å². The Morgan fingerprint density at radius 2 is 2.25 bits per heavy atom. The molecular weight excluding hydrogens is 267 g/mol. The molecule has 2 heterocycles. The van der Waals surface area contributed by atoms with E-state index in [9.17, 15) is 4.79 Å². The normalized spacial score (nSPS) is 20.6. The Kier molecular flexibility index (Phi) is 3.62. The van der Waals surface area contributed by atoms with Crippen molar-refractivity contribution >= 4 is 47.6 Å². The van der Waals surface area contributed by atoms with Gasteiger partial charge < -0.3 is 0 Å². The molecule has 1 aliphatic heterocycles. The topological polar surface area (TPSA) is 33.2 Å². The van der Waals surface area contributed by atoms with Gasteiger partial charge in [0.05, 0.1) is 10.0 Å². The summed E-state index contributed by atoms with van der Waals surface area (Å²) in [5, 5.41) is 0.802. The molecule has 0 N–H and O–H groups in total. The van der Waals surface area contributed by atoms with E-state index < -0.39 is 0 Å². The Morgan fingerprint density at radius 3 is 2.81 bits per heavy atom. The zero-order valence-corrected chi connectivity index (χ0v) is 10.8. The highest BCUT2D eigenvalue weighted by Gasteiger charge is 2.30. The lowest BCUT2D eigenvalue weighted by Crippen LogP contribution is -2.25. The first-order valence-corrected chi connectivity index (χ1v) is 6.23. The number of anilines is 1. The van der Waals surface area contributed by atoms with E-state index in [2.05, 4.69) is 17.6 Å². The molecule has 3 nitrogen and oxygen atoms in total. The second-order valence-corrected chi connectivity index (χ2v) is 4.89. The summed E-state index contributed by atoms with van der Waals surface area (Å²) in [6, 6.07) is 1.61. The molecule has 1 aliphatic rings. The number of thiol groups is 1. The van der Waals surface area contributed by atoms with E-state index in [-0.39, 0.29) is 11.8 Å². The van der Waals surface area contributed by atoms with E-state index in [1.54, 1.807) is 11.0 Å². The predicted octanol–water partition coefficient (Wildman–Crippen LogP) is 2.67. The van der Waals surface area contributed by atoms with Crippen LogP contribution < -0.4 is 4.90 Å². The second kappa shape index (κ2) is 4.82. The van der Waals surface area contributed by atoms with Gasteiger partial charge in [0.2, 0.25) is 5.91 Å². The van der Waals surface area contributed by atoms with Crippen LogP contribution in [-0.2, 0) is 4.79 Å². The minimum atomic E-state index is 0.0601. The molecular formula is C10H10Cl2N2OS. The molecule has 1 unspecified atom stereocenters. The third-order valence-electron chi connectivity index (χ3n) is 2.53. The minimum Gasteiger partial charge on any atom is -0.296 e. The first-order chi connectivity index (χ1) is 7.61. The Labute approximate surface area is 109 Å².